The van der Waals surface area contributed by atoms with E-state index < -0.39 is 0 Å². The highest BCUT2D eigenvalue weighted by Gasteiger charge is 2.23. The van der Waals surface area contributed by atoms with Gasteiger partial charge in [-0.1, -0.05) is 12.1 Å². The highest BCUT2D eigenvalue weighted by molar-refractivity contribution is 5.92. The lowest BCUT2D eigenvalue weighted by atomic mass is 10.0. The summed E-state index contributed by atoms with van der Waals surface area (Å²) in [4.78, 5) is 31.1. The topological polar surface area (TPSA) is 74.4 Å². The van der Waals surface area contributed by atoms with E-state index in [9.17, 15) is 9.59 Å². The van der Waals surface area contributed by atoms with Gasteiger partial charge in [-0.3, -0.25) is 14.5 Å². The maximum atomic E-state index is 13.2. The fourth-order valence-electron chi connectivity index (χ4n) is 3.96. The van der Waals surface area contributed by atoms with E-state index in [0.29, 0.717) is 24.1 Å². The summed E-state index contributed by atoms with van der Waals surface area (Å²) in [6, 6.07) is 11.4. The normalized spacial score (nSPS) is 13.9. The molecule has 150 valence electrons. The molecule has 2 N–H and O–H groups in total. The Balaban J connectivity index is 1.56. The van der Waals surface area contributed by atoms with Crippen LogP contribution in [0.5, 0.6) is 5.75 Å². The predicted molar refractivity (Wildman–Crippen MR) is 115 cm³/mol. The number of ether oxygens (including phenoxy) is 1. The van der Waals surface area contributed by atoms with E-state index in [1.54, 1.807) is 13.2 Å². The van der Waals surface area contributed by atoms with Crippen molar-refractivity contribution in [1.29, 1.82) is 0 Å². The molecule has 4 rings (SSSR count). The molecule has 0 unspecified atom stereocenters. The number of anilines is 1. The van der Waals surface area contributed by atoms with Crippen LogP contribution < -0.4 is 15.5 Å². The SMILES string of the molecule is COc1cc(C)c2[nH]c3c(c(=O)c2c1)CN(CC(=O)Nc1cccc(C)c1)CC3. The molecule has 2 heterocycles. The van der Waals surface area contributed by atoms with Gasteiger partial charge in [-0.15, -0.1) is 0 Å². The van der Waals surface area contributed by atoms with E-state index in [1.807, 2.05) is 49.1 Å². The van der Waals surface area contributed by atoms with Crippen LogP contribution >= 0.6 is 0 Å². The summed E-state index contributed by atoms with van der Waals surface area (Å²) in [6.07, 6.45) is 0.712. The third-order valence-electron chi connectivity index (χ3n) is 5.43. The van der Waals surface area contributed by atoms with Crippen LogP contribution in [0.4, 0.5) is 5.69 Å². The molecule has 2 aromatic carbocycles. The molecule has 6 nitrogen and oxygen atoms in total. The van der Waals surface area contributed by atoms with E-state index >= 15 is 0 Å². The molecule has 0 fully saturated rings. The van der Waals surface area contributed by atoms with Crippen LogP contribution in [-0.4, -0.2) is 36.0 Å². The lowest BCUT2D eigenvalue weighted by Crippen LogP contribution is -2.39. The number of pyridine rings is 1. The van der Waals surface area contributed by atoms with Crippen LogP contribution in [0.25, 0.3) is 10.9 Å². The summed E-state index contributed by atoms with van der Waals surface area (Å²) in [5.74, 6) is 0.597. The third-order valence-corrected chi connectivity index (χ3v) is 5.43. The first-order valence-corrected chi connectivity index (χ1v) is 9.76. The van der Waals surface area contributed by atoms with Gasteiger partial charge in [0.05, 0.1) is 19.2 Å². The Labute approximate surface area is 169 Å². The van der Waals surface area contributed by atoms with Crippen molar-refractivity contribution in [2.45, 2.75) is 26.8 Å². The molecule has 1 aliphatic rings. The van der Waals surface area contributed by atoms with Crippen LogP contribution in [0.3, 0.4) is 0 Å². The van der Waals surface area contributed by atoms with E-state index in [-0.39, 0.29) is 17.9 Å². The number of amides is 1. The van der Waals surface area contributed by atoms with E-state index in [4.69, 9.17) is 4.74 Å². The maximum absolute atomic E-state index is 13.2. The zero-order valence-electron chi connectivity index (χ0n) is 17.0. The number of nitrogens with one attached hydrogen (secondary N) is 2. The van der Waals surface area contributed by atoms with Crippen LogP contribution in [0.1, 0.15) is 22.4 Å². The van der Waals surface area contributed by atoms with Gasteiger partial charge in [0.15, 0.2) is 5.43 Å². The van der Waals surface area contributed by atoms with Crippen molar-refractivity contribution in [3.8, 4) is 5.75 Å². The lowest BCUT2D eigenvalue weighted by Gasteiger charge is -2.28. The molecule has 0 bridgehead atoms. The summed E-state index contributed by atoms with van der Waals surface area (Å²) in [5, 5.41) is 3.57. The number of H-pyrrole nitrogens is 1. The second-order valence-electron chi connectivity index (χ2n) is 7.66. The highest BCUT2D eigenvalue weighted by Crippen LogP contribution is 2.24. The molecule has 0 aliphatic carbocycles. The number of hydrogen-bond acceptors (Lipinski definition) is 4. The number of nitrogens with zero attached hydrogens (tertiary/aromatic N) is 1. The van der Waals surface area contributed by atoms with Gasteiger partial charge >= 0.3 is 0 Å². The van der Waals surface area contributed by atoms with Crippen molar-refractivity contribution in [1.82, 2.24) is 9.88 Å². The van der Waals surface area contributed by atoms with E-state index in [2.05, 4.69) is 10.3 Å². The van der Waals surface area contributed by atoms with Gasteiger partial charge < -0.3 is 15.0 Å². The molecule has 6 heteroatoms. The van der Waals surface area contributed by atoms with E-state index in [1.165, 1.54) is 0 Å². The van der Waals surface area contributed by atoms with Crippen LogP contribution in [-0.2, 0) is 17.8 Å². The number of hydrogen-bond donors (Lipinski definition) is 2. The quantitative estimate of drug-likeness (QED) is 0.717. The molecule has 1 aromatic heterocycles. The number of aryl methyl sites for hydroxylation is 2. The Hall–Kier alpha value is -3.12. The summed E-state index contributed by atoms with van der Waals surface area (Å²) in [6.45, 7) is 5.40. The Morgan fingerprint density at radius 3 is 2.83 bits per heavy atom. The highest BCUT2D eigenvalue weighted by atomic mass is 16.5. The van der Waals surface area contributed by atoms with Gasteiger partial charge in [0, 0.05) is 41.8 Å². The summed E-state index contributed by atoms with van der Waals surface area (Å²) < 4.78 is 5.32. The zero-order chi connectivity index (χ0) is 20.5. The standard InChI is InChI=1S/C23H25N3O3/c1-14-5-4-6-16(9-14)24-21(27)13-26-8-7-20-19(12-26)23(28)18-11-17(29-3)10-15(2)22(18)25-20/h4-6,9-11H,7-8,12-13H2,1-3H3,(H,24,27)(H,25,28). The minimum Gasteiger partial charge on any atom is -0.497 e. The van der Waals surface area contributed by atoms with Crippen LogP contribution in [0, 0.1) is 13.8 Å². The number of carbonyl (C=O) groups is 1. The second-order valence-corrected chi connectivity index (χ2v) is 7.66. The monoisotopic (exact) mass is 391 g/mol. The van der Waals surface area contributed by atoms with Crippen molar-refractivity contribution < 1.29 is 9.53 Å². The Kier molecular flexibility index (Phi) is 5.11. The Morgan fingerprint density at radius 2 is 2.07 bits per heavy atom. The first-order chi connectivity index (χ1) is 13.9. The molecule has 0 atom stereocenters. The van der Waals surface area contributed by atoms with Gasteiger partial charge in [-0.05, 0) is 49.2 Å². The summed E-state index contributed by atoms with van der Waals surface area (Å²) in [5.41, 5.74) is 5.45. The molecule has 0 spiro atoms. The number of aromatic amines is 1. The van der Waals surface area contributed by atoms with Crippen molar-refractivity contribution in [2.75, 3.05) is 25.5 Å². The minimum absolute atomic E-state index is 0.0135. The van der Waals surface area contributed by atoms with E-state index in [0.717, 1.165) is 40.1 Å². The van der Waals surface area contributed by atoms with Gasteiger partial charge in [-0.25, -0.2) is 0 Å². The predicted octanol–water partition coefficient (Wildman–Crippen LogP) is 3.15. The molecule has 3 aromatic rings. The van der Waals surface area contributed by atoms with Gasteiger partial charge in [0.25, 0.3) is 0 Å². The van der Waals surface area contributed by atoms with Gasteiger partial charge in [-0.2, -0.15) is 0 Å². The number of carbonyl (C=O) groups excluding carboxylic acids is 1. The minimum atomic E-state index is -0.0752. The molecule has 29 heavy (non-hydrogen) atoms. The van der Waals surface area contributed by atoms with Crippen LogP contribution in [0.15, 0.2) is 41.2 Å². The number of fused-ring (bicyclic) bond motifs is 2. The number of aromatic nitrogens is 1. The van der Waals surface area contributed by atoms with Crippen molar-refractivity contribution >= 4 is 22.5 Å². The molecule has 0 saturated heterocycles. The van der Waals surface area contributed by atoms with Crippen molar-refractivity contribution in [3.63, 3.8) is 0 Å². The van der Waals surface area contributed by atoms with Gasteiger partial charge in [0.2, 0.25) is 5.91 Å². The molecular formula is C23H25N3O3. The second kappa shape index (κ2) is 7.72. The molecular weight excluding hydrogens is 366 g/mol. The smallest absolute Gasteiger partial charge is 0.238 e. The molecule has 1 aliphatic heterocycles. The Bertz CT molecular complexity index is 1150. The molecule has 1 amide bonds. The summed E-state index contributed by atoms with van der Waals surface area (Å²) in [7, 11) is 1.60. The molecule has 0 radical (unpaired) electrons. The first-order valence-electron chi connectivity index (χ1n) is 9.76. The fraction of sp³-hybridized carbons (Fsp3) is 0.304. The zero-order valence-corrected chi connectivity index (χ0v) is 17.0. The average Bonchev–Trinajstić information content (AvgIpc) is 2.69. The first kappa shape index (κ1) is 19.2. The number of methoxy groups -OCH3 is 1. The number of benzene rings is 2. The van der Waals surface area contributed by atoms with Gasteiger partial charge in [0.1, 0.15) is 5.75 Å². The molecule has 0 saturated carbocycles. The Morgan fingerprint density at radius 1 is 1.24 bits per heavy atom. The van der Waals surface area contributed by atoms with Crippen molar-refractivity contribution in [3.05, 3.63) is 69.0 Å². The average molecular weight is 391 g/mol. The summed E-state index contributed by atoms with van der Waals surface area (Å²) >= 11 is 0. The number of rotatable bonds is 4. The van der Waals surface area contributed by atoms with Crippen LogP contribution in [0.2, 0.25) is 0 Å². The maximum Gasteiger partial charge on any atom is 0.238 e. The lowest BCUT2D eigenvalue weighted by molar-refractivity contribution is -0.117. The fourth-order valence-corrected chi connectivity index (χ4v) is 3.96. The van der Waals surface area contributed by atoms with Crippen molar-refractivity contribution in [2.24, 2.45) is 0 Å². The third kappa shape index (κ3) is 3.89. The largest absolute Gasteiger partial charge is 0.497 e.